The van der Waals surface area contributed by atoms with Gasteiger partial charge in [-0.25, -0.2) is 4.39 Å². The van der Waals surface area contributed by atoms with Crippen molar-refractivity contribution >= 4 is 29.3 Å². The normalized spacial score (nSPS) is 10.5. The lowest BCUT2D eigenvalue weighted by molar-refractivity contribution is -0.118. The molecule has 0 fully saturated rings. The van der Waals surface area contributed by atoms with E-state index in [1.807, 2.05) is 31.2 Å². The van der Waals surface area contributed by atoms with Crippen LogP contribution >= 0.6 is 23.4 Å². The van der Waals surface area contributed by atoms with Crippen molar-refractivity contribution in [1.82, 2.24) is 5.32 Å². The third kappa shape index (κ3) is 6.06. The van der Waals surface area contributed by atoms with Gasteiger partial charge in [-0.1, -0.05) is 29.8 Å². The van der Waals surface area contributed by atoms with Gasteiger partial charge in [0.15, 0.2) is 0 Å². The summed E-state index contributed by atoms with van der Waals surface area (Å²) in [6.07, 6.45) is 0. The highest BCUT2D eigenvalue weighted by molar-refractivity contribution is 7.99. The maximum absolute atomic E-state index is 13.6. The summed E-state index contributed by atoms with van der Waals surface area (Å²) in [6, 6.07) is 12.2. The second-order valence-corrected chi connectivity index (χ2v) is 6.51. The van der Waals surface area contributed by atoms with E-state index in [9.17, 15) is 9.18 Å². The standard InChI is InChI=1S/C18H19ClFNO2S/c1-2-23-16-5-3-4-13(8-16)10-21-18(22)12-24-11-14-6-7-15(19)9-17(14)20/h3-9H,2,10-12H2,1H3,(H,21,22). The fourth-order valence-electron chi connectivity index (χ4n) is 2.06. The molecule has 0 saturated heterocycles. The molecule has 1 amide bonds. The van der Waals surface area contributed by atoms with Gasteiger partial charge in [-0.15, -0.1) is 11.8 Å². The van der Waals surface area contributed by atoms with Crippen LogP contribution in [0.15, 0.2) is 42.5 Å². The maximum Gasteiger partial charge on any atom is 0.230 e. The molecule has 0 unspecified atom stereocenters. The lowest BCUT2D eigenvalue weighted by atomic mass is 10.2. The van der Waals surface area contributed by atoms with E-state index in [1.54, 1.807) is 12.1 Å². The van der Waals surface area contributed by atoms with Crippen LogP contribution in [0.2, 0.25) is 5.02 Å². The Kier molecular flexibility index (Phi) is 7.40. The summed E-state index contributed by atoms with van der Waals surface area (Å²) in [6.45, 7) is 2.97. The molecule has 0 atom stereocenters. The highest BCUT2D eigenvalue weighted by Gasteiger charge is 2.06. The molecule has 0 aliphatic heterocycles. The number of rotatable bonds is 8. The first-order valence-corrected chi connectivity index (χ1v) is 9.12. The third-order valence-corrected chi connectivity index (χ3v) is 4.42. The van der Waals surface area contributed by atoms with Crippen molar-refractivity contribution in [2.45, 2.75) is 19.2 Å². The molecule has 2 aromatic rings. The number of hydrogen-bond acceptors (Lipinski definition) is 3. The molecule has 3 nitrogen and oxygen atoms in total. The largest absolute Gasteiger partial charge is 0.494 e. The number of carbonyl (C=O) groups excluding carboxylic acids is 1. The highest BCUT2D eigenvalue weighted by atomic mass is 35.5. The quantitative estimate of drug-likeness (QED) is 0.750. The van der Waals surface area contributed by atoms with Crippen LogP contribution in [-0.2, 0) is 17.1 Å². The van der Waals surface area contributed by atoms with E-state index in [-0.39, 0.29) is 17.5 Å². The Hall–Kier alpha value is -1.72. The predicted molar refractivity (Wildman–Crippen MR) is 97.0 cm³/mol. The zero-order chi connectivity index (χ0) is 17.4. The fourth-order valence-corrected chi connectivity index (χ4v) is 3.06. The Morgan fingerprint density at radius 3 is 2.88 bits per heavy atom. The molecule has 1 N–H and O–H groups in total. The molecule has 0 heterocycles. The van der Waals surface area contributed by atoms with Crippen molar-refractivity contribution in [2.75, 3.05) is 12.4 Å². The molecular formula is C18H19ClFNO2S. The summed E-state index contributed by atoms with van der Waals surface area (Å²) >= 11 is 7.07. The Labute approximate surface area is 150 Å². The van der Waals surface area contributed by atoms with Gasteiger partial charge in [-0.2, -0.15) is 0 Å². The molecule has 2 aromatic carbocycles. The van der Waals surface area contributed by atoms with Crippen LogP contribution < -0.4 is 10.1 Å². The molecule has 0 radical (unpaired) electrons. The van der Waals surface area contributed by atoms with Gasteiger partial charge in [-0.3, -0.25) is 4.79 Å². The molecule has 24 heavy (non-hydrogen) atoms. The van der Waals surface area contributed by atoms with Crippen LogP contribution in [0.5, 0.6) is 5.75 Å². The predicted octanol–water partition coefficient (Wildman–Crippen LogP) is 4.43. The number of benzene rings is 2. The van der Waals surface area contributed by atoms with Crippen LogP contribution in [0.4, 0.5) is 4.39 Å². The molecule has 2 rings (SSSR count). The van der Waals surface area contributed by atoms with Crippen molar-refractivity contribution in [3.05, 3.63) is 64.4 Å². The average molecular weight is 368 g/mol. The molecule has 0 aliphatic carbocycles. The zero-order valence-corrected chi connectivity index (χ0v) is 14.9. The average Bonchev–Trinajstić information content (AvgIpc) is 2.56. The summed E-state index contributed by atoms with van der Waals surface area (Å²) < 4.78 is 19.1. The molecule has 0 spiro atoms. The minimum Gasteiger partial charge on any atom is -0.494 e. The second kappa shape index (κ2) is 9.55. The lowest BCUT2D eigenvalue weighted by Crippen LogP contribution is -2.24. The lowest BCUT2D eigenvalue weighted by Gasteiger charge is -2.08. The van der Waals surface area contributed by atoms with E-state index in [0.717, 1.165) is 11.3 Å². The number of halogens is 2. The molecule has 6 heteroatoms. The molecule has 128 valence electrons. The van der Waals surface area contributed by atoms with Crippen molar-refractivity contribution in [1.29, 1.82) is 0 Å². The number of thioether (sulfide) groups is 1. The van der Waals surface area contributed by atoms with Gasteiger partial charge >= 0.3 is 0 Å². The second-order valence-electron chi connectivity index (χ2n) is 5.09. The van der Waals surface area contributed by atoms with Crippen molar-refractivity contribution in [2.24, 2.45) is 0 Å². The van der Waals surface area contributed by atoms with Crippen molar-refractivity contribution in [3.8, 4) is 5.75 Å². The number of hydrogen-bond donors (Lipinski definition) is 1. The minimum atomic E-state index is -0.344. The third-order valence-electron chi connectivity index (χ3n) is 3.20. The van der Waals surface area contributed by atoms with Crippen molar-refractivity contribution in [3.63, 3.8) is 0 Å². The summed E-state index contributed by atoms with van der Waals surface area (Å²) in [5.74, 6) is 1.06. The van der Waals surface area contributed by atoms with E-state index in [4.69, 9.17) is 16.3 Å². The van der Waals surface area contributed by atoms with Gasteiger partial charge in [0, 0.05) is 17.3 Å². The Morgan fingerprint density at radius 2 is 2.12 bits per heavy atom. The zero-order valence-electron chi connectivity index (χ0n) is 13.4. The van der Waals surface area contributed by atoms with Crippen molar-refractivity contribution < 1.29 is 13.9 Å². The van der Waals surface area contributed by atoms with Gasteiger partial charge in [-0.05, 0) is 42.3 Å². The number of nitrogens with one attached hydrogen (secondary N) is 1. The molecule has 0 aliphatic rings. The summed E-state index contributed by atoms with van der Waals surface area (Å²) in [4.78, 5) is 11.9. The SMILES string of the molecule is CCOc1cccc(CNC(=O)CSCc2ccc(Cl)cc2F)c1. The van der Waals surface area contributed by atoms with E-state index >= 15 is 0 Å². The van der Waals surface area contributed by atoms with Gasteiger partial charge in [0.2, 0.25) is 5.91 Å². The van der Waals surface area contributed by atoms with Crippen LogP contribution in [0.3, 0.4) is 0 Å². The van der Waals surface area contributed by atoms with Crippen LogP contribution in [0.25, 0.3) is 0 Å². The summed E-state index contributed by atoms with van der Waals surface area (Å²) in [5.41, 5.74) is 1.52. The number of ether oxygens (including phenoxy) is 1. The number of amides is 1. The summed E-state index contributed by atoms with van der Waals surface area (Å²) in [5, 5.41) is 3.22. The van der Waals surface area contributed by atoms with Gasteiger partial charge in [0.25, 0.3) is 0 Å². The smallest absolute Gasteiger partial charge is 0.230 e. The molecular weight excluding hydrogens is 349 g/mol. The first kappa shape index (κ1) is 18.6. The molecule has 0 saturated carbocycles. The highest BCUT2D eigenvalue weighted by Crippen LogP contribution is 2.19. The fraction of sp³-hybridized carbons (Fsp3) is 0.278. The van der Waals surface area contributed by atoms with E-state index in [1.165, 1.54) is 17.8 Å². The maximum atomic E-state index is 13.6. The first-order chi connectivity index (χ1) is 11.6. The van der Waals surface area contributed by atoms with E-state index in [2.05, 4.69) is 5.32 Å². The molecule has 0 aromatic heterocycles. The Morgan fingerprint density at radius 1 is 1.29 bits per heavy atom. The Balaban J connectivity index is 1.74. The van der Waals surface area contributed by atoms with Crippen LogP contribution in [0, 0.1) is 5.82 Å². The van der Waals surface area contributed by atoms with Gasteiger partial charge in [0.05, 0.1) is 12.4 Å². The van der Waals surface area contributed by atoms with E-state index in [0.29, 0.717) is 29.5 Å². The minimum absolute atomic E-state index is 0.0869. The van der Waals surface area contributed by atoms with Crippen LogP contribution in [0.1, 0.15) is 18.1 Å². The monoisotopic (exact) mass is 367 g/mol. The Bertz CT molecular complexity index is 696. The topological polar surface area (TPSA) is 38.3 Å². The number of carbonyl (C=O) groups is 1. The molecule has 0 bridgehead atoms. The van der Waals surface area contributed by atoms with Gasteiger partial charge < -0.3 is 10.1 Å². The van der Waals surface area contributed by atoms with E-state index < -0.39 is 0 Å². The summed E-state index contributed by atoms with van der Waals surface area (Å²) in [7, 11) is 0. The first-order valence-electron chi connectivity index (χ1n) is 7.58. The van der Waals surface area contributed by atoms with Gasteiger partial charge in [0.1, 0.15) is 11.6 Å². The van der Waals surface area contributed by atoms with Crippen LogP contribution in [-0.4, -0.2) is 18.3 Å².